The summed E-state index contributed by atoms with van der Waals surface area (Å²) >= 11 is 1.60. The van der Waals surface area contributed by atoms with E-state index in [0.717, 1.165) is 0 Å². The van der Waals surface area contributed by atoms with E-state index in [-0.39, 0.29) is 11.2 Å². The second-order valence-electron chi connectivity index (χ2n) is 2.34. The van der Waals surface area contributed by atoms with Gasteiger partial charge in [0.1, 0.15) is 0 Å². The smallest absolute Gasteiger partial charge is 0.246 e. The third-order valence-corrected chi connectivity index (χ3v) is 2.15. The summed E-state index contributed by atoms with van der Waals surface area (Å²) in [5, 5.41) is 0.414. The molecule has 0 fully saturated rings. The first-order chi connectivity index (χ1) is 4.57. The van der Waals surface area contributed by atoms with Crippen LogP contribution in [0.2, 0.25) is 0 Å². The molecule has 0 aromatic heterocycles. The third-order valence-electron chi connectivity index (χ3n) is 0.988. The molecule has 0 aliphatic heterocycles. The summed E-state index contributed by atoms with van der Waals surface area (Å²) < 4.78 is 0. The zero-order valence-electron chi connectivity index (χ0n) is 6.55. The van der Waals surface area contributed by atoms with Crippen LogP contribution in [0.3, 0.4) is 0 Å². The van der Waals surface area contributed by atoms with Crippen molar-refractivity contribution in [1.29, 1.82) is 0 Å². The average Bonchev–Trinajstić information content (AvgIpc) is 1.85. The quantitative estimate of drug-likeness (QED) is 0.361. The first-order valence-electron chi connectivity index (χ1n) is 3.23. The van der Waals surface area contributed by atoms with Crippen LogP contribution in [0.4, 0.5) is 0 Å². The Morgan fingerprint density at radius 1 is 1.50 bits per heavy atom. The van der Waals surface area contributed by atoms with Crippen LogP contribution < -0.4 is 11.3 Å². The standard InChI is InChI=1S/C6H14N2OS/c1-4(2)10-5(3)6(9)8-7/h4-5H,7H2,1-3H3,(H,8,9). The van der Waals surface area contributed by atoms with Gasteiger partial charge in [-0.1, -0.05) is 13.8 Å². The molecule has 1 atom stereocenters. The summed E-state index contributed by atoms with van der Waals surface area (Å²) in [6, 6.07) is 0. The van der Waals surface area contributed by atoms with Gasteiger partial charge in [-0.05, 0) is 12.2 Å². The van der Waals surface area contributed by atoms with Crippen LogP contribution in [-0.4, -0.2) is 16.4 Å². The Labute approximate surface area is 65.7 Å². The molecule has 0 aliphatic rings. The number of thioether (sulfide) groups is 1. The van der Waals surface area contributed by atoms with Crippen LogP contribution >= 0.6 is 11.8 Å². The molecule has 0 saturated heterocycles. The molecular formula is C6H14N2OS. The van der Waals surface area contributed by atoms with Crippen molar-refractivity contribution in [3.8, 4) is 0 Å². The fourth-order valence-electron chi connectivity index (χ4n) is 0.587. The second kappa shape index (κ2) is 4.57. The number of amides is 1. The van der Waals surface area contributed by atoms with Gasteiger partial charge in [0.05, 0.1) is 5.25 Å². The number of carbonyl (C=O) groups is 1. The molecule has 0 rings (SSSR count). The van der Waals surface area contributed by atoms with Gasteiger partial charge in [0, 0.05) is 0 Å². The first kappa shape index (κ1) is 9.78. The van der Waals surface area contributed by atoms with Crippen molar-refractivity contribution in [2.75, 3.05) is 0 Å². The Kier molecular flexibility index (Phi) is 4.47. The molecular weight excluding hydrogens is 148 g/mol. The molecule has 4 heteroatoms. The topological polar surface area (TPSA) is 55.1 Å². The number of hydrogen-bond donors (Lipinski definition) is 2. The minimum absolute atomic E-state index is 0.0509. The highest BCUT2D eigenvalue weighted by molar-refractivity contribution is 8.01. The Balaban J connectivity index is 3.61. The summed E-state index contributed by atoms with van der Waals surface area (Å²) in [5.74, 6) is 4.82. The van der Waals surface area contributed by atoms with Crippen LogP contribution in [0.1, 0.15) is 20.8 Å². The lowest BCUT2D eigenvalue weighted by Gasteiger charge is -2.10. The van der Waals surface area contributed by atoms with E-state index in [1.165, 1.54) is 0 Å². The molecule has 0 aromatic carbocycles. The summed E-state index contributed by atoms with van der Waals surface area (Å²) in [7, 11) is 0. The second-order valence-corrected chi connectivity index (χ2v) is 4.26. The van der Waals surface area contributed by atoms with Gasteiger partial charge < -0.3 is 0 Å². The maximum absolute atomic E-state index is 10.8. The van der Waals surface area contributed by atoms with Crippen molar-refractivity contribution in [3.05, 3.63) is 0 Å². The molecule has 60 valence electrons. The Hall–Kier alpha value is -0.220. The van der Waals surface area contributed by atoms with Crippen molar-refractivity contribution in [1.82, 2.24) is 5.43 Å². The molecule has 0 saturated carbocycles. The summed E-state index contributed by atoms with van der Waals surface area (Å²) in [6.45, 7) is 5.93. The number of hydrogen-bond acceptors (Lipinski definition) is 3. The minimum Gasteiger partial charge on any atom is -0.293 e. The molecule has 0 spiro atoms. The van der Waals surface area contributed by atoms with Gasteiger partial charge in [-0.3, -0.25) is 10.2 Å². The fraction of sp³-hybridized carbons (Fsp3) is 0.833. The van der Waals surface area contributed by atoms with Crippen LogP contribution in [0.15, 0.2) is 0 Å². The van der Waals surface area contributed by atoms with Gasteiger partial charge >= 0.3 is 0 Å². The molecule has 0 radical (unpaired) electrons. The van der Waals surface area contributed by atoms with Gasteiger partial charge in [0.2, 0.25) is 5.91 Å². The van der Waals surface area contributed by atoms with E-state index in [1.54, 1.807) is 11.8 Å². The molecule has 1 amide bonds. The van der Waals surface area contributed by atoms with Crippen molar-refractivity contribution < 1.29 is 4.79 Å². The lowest BCUT2D eigenvalue weighted by molar-refractivity contribution is -0.120. The highest BCUT2D eigenvalue weighted by atomic mass is 32.2. The lowest BCUT2D eigenvalue weighted by atomic mass is 10.5. The normalized spacial score (nSPS) is 13.3. The van der Waals surface area contributed by atoms with E-state index in [4.69, 9.17) is 5.84 Å². The molecule has 0 bridgehead atoms. The predicted molar refractivity (Wildman–Crippen MR) is 44.5 cm³/mol. The van der Waals surface area contributed by atoms with Crippen LogP contribution in [0.5, 0.6) is 0 Å². The zero-order valence-corrected chi connectivity index (χ0v) is 7.37. The number of nitrogens with one attached hydrogen (secondary N) is 1. The lowest BCUT2D eigenvalue weighted by Crippen LogP contribution is -2.36. The molecule has 3 nitrogen and oxygen atoms in total. The SMILES string of the molecule is CC(C)SC(C)C(=O)NN. The maximum Gasteiger partial charge on any atom is 0.246 e. The van der Waals surface area contributed by atoms with Gasteiger partial charge in [-0.15, -0.1) is 11.8 Å². The zero-order chi connectivity index (χ0) is 8.15. The van der Waals surface area contributed by atoms with Crippen molar-refractivity contribution in [2.24, 2.45) is 5.84 Å². The van der Waals surface area contributed by atoms with Gasteiger partial charge in [-0.2, -0.15) is 0 Å². The molecule has 0 aromatic rings. The van der Waals surface area contributed by atoms with Crippen molar-refractivity contribution in [3.63, 3.8) is 0 Å². The van der Waals surface area contributed by atoms with Crippen molar-refractivity contribution in [2.45, 2.75) is 31.3 Å². The van der Waals surface area contributed by atoms with Gasteiger partial charge in [0.25, 0.3) is 0 Å². The van der Waals surface area contributed by atoms with Gasteiger partial charge in [0.15, 0.2) is 0 Å². The number of hydrazine groups is 1. The fourth-order valence-corrected chi connectivity index (χ4v) is 1.60. The Morgan fingerprint density at radius 2 is 2.00 bits per heavy atom. The molecule has 0 heterocycles. The average molecular weight is 162 g/mol. The van der Waals surface area contributed by atoms with Crippen LogP contribution in [-0.2, 0) is 4.79 Å². The molecule has 1 unspecified atom stereocenters. The van der Waals surface area contributed by atoms with E-state index < -0.39 is 0 Å². The van der Waals surface area contributed by atoms with Crippen LogP contribution in [0.25, 0.3) is 0 Å². The largest absolute Gasteiger partial charge is 0.293 e. The monoisotopic (exact) mass is 162 g/mol. The minimum atomic E-state index is -0.112. The van der Waals surface area contributed by atoms with Gasteiger partial charge in [-0.25, -0.2) is 5.84 Å². The van der Waals surface area contributed by atoms with E-state index in [1.807, 2.05) is 20.8 Å². The summed E-state index contributed by atoms with van der Waals surface area (Å²) in [4.78, 5) is 10.8. The Morgan fingerprint density at radius 3 is 2.30 bits per heavy atom. The summed E-state index contributed by atoms with van der Waals surface area (Å²) in [6.07, 6.45) is 0. The van der Waals surface area contributed by atoms with E-state index >= 15 is 0 Å². The highest BCUT2D eigenvalue weighted by Gasteiger charge is 2.12. The molecule has 3 N–H and O–H groups in total. The van der Waals surface area contributed by atoms with E-state index in [2.05, 4.69) is 5.43 Å². The Bertz CT molecular complexity index is 116. The molecule has 0 aliphatic carbocycles. The highest BCUT2D eigenvalue weighted by Crippen LogP contribution is 2.15. The molecule has 10 heavy (non-hydrogen) atoms. The maximum atomic E-state index is 10.8. The van der Waals surface area contributed by atoms with Crippen LogP contribution in [0, 0.1) is 0 Å². The van der Waals surface area contributed by atoms with Crippen molar-refractivity contribution >= 4 is 17.7 Å². The van der Waals surface area contributed by atoms with E-state index in [0.29, 0.717) is 5.25 Å². The van der Waals surface area contributed by atoms with E-state index in [9.17, 15) is 4.79 Å². The predicted octanol–water partition coefficient (Wildman–Crippen LogP) is 0.506. The first-order valence-corrected chi connectivity index (χ1v) is 4.18. The number of carbonyl (C=O) groups excluding carboxylic acids is 1. The number of nitrogens with two attached hydrogens (primary N) is 1. The third kappa shape index (κ3) is 3.74. The number of rotatable bonds is 3. The summed E-state index contributed by atoms with van der Waals surface area (Å²) in [5.41, 5.74) is 2.11.